The quantitative estimate of drug-likeness (QED) is 0.230. The first-order valence-corrected chi connectivity index (χ1v) is 8.32. The predicted molar refractivity (Wildman–Crippen MR) is 97.5 cm³/mol. The van der Waals surface area contributed by atoms with E-state index in [0.717, 1.165) is 18.6 Å². The first-order valence-electron chi connectivity index (χ1n) is 7.94. The summed E-state index contributed by atoms with van der Waals surface area (Å²) in [6, 6.07) is 15.4. The van der Waals surface area contributed by atoms with Gasteiger partial charge >= 0.3 is 5.97 Å². The molecule has 2 rings (SSSR count). The molecule has 0 saturated heterocycles. The van der Waals surface area contributed by atoms with E-state index in [1.54, 1.807) is 48.5 Å². The van der Waals surface area contributed by atoms with Crippen molar-refractivity contribution in [1.82, 2.24) is 0 Å². The van der Waals surface area contributed by atoms with Crippen LogP contribution in [0.3, 0.4) is 0 Å². The van der Waals surface area contributed by atoms with Gasteiger partial charge in [-0.25, -0.2) is 4.79 Å². The highest BCUT2D eigenvalue weighted by Gasteiger charge is 2.12. The molecule has 0 radical (unpaired) electrons. The van der Waals surface area contributed by atoms with E-state index in [4.69, 9.17) is 21.1 Å². The lowest BCUT2D eigenvalue weighted by Gasteiger charge is -2.06. The van der Waals surface area contributed by atoms with Crippen LogP contribution in [0.5, 0.6) is 11.5 Å². The van der Waals surface area contributed by atoms with Gasteiger partial charge in [0.05, 0.1) is 6.61 Å². The van der Waals surface area contributed by atoms with Crippen molar-refractivity contribution in [3.63, 3.8) is 0 Å². The van der Waals surface area contributed by atoms with E-state index < -0.39 is 5.97 Å². The Hall–Kier alpha value is -2.77. The van der Waals surface area contributed by atoms with Gasteiger partial charge in [0, 0.05) is 5.02 Å². The number of rotatable bonds is 7. The minimum Gasteiger partial charge on any atom is -0.494 e. The summed E-state index contributed by atoms with van der Waals surface area (Å²) in [6.07, 6.45) is 3.55. The molecule has 2 aromatic rings. The lowest BCUT2D eigenvalue weighted by atomic mass is 10.1. The van der Waals surface area contributed by atoms with Gasteiger partial charge in [0.15, 0.2) is 0 Å². The van der Waals surface area contributed by atoms with Crippen LogP contribution in [0.4, 0.5) is 0 Å². The fraction of sp³-hybridized carbons (Fsp3) is 0.200. The Balaban J connectivity index is 2.04. The van der Waals surface area contributed by atoms with E-state index in [0.29, 0.717) is 22.9 Å². The molecule has 5 heteroatoms. The summed E-state index contributed by atoms with van der Waals surface area (Å²) >= 11 is 5.78. The van der Waals surface area contributed by atoms with E-state index in [9.17, 15) is 10.1 Å². The average molecular weight is 356 g/mol. The van der Waals surface area contributed by atoms with Crippen molar-refractivity contribution >= 4 is 23.6 Å². The van der Waals surface area contributed by atoms with Crippen LogP contribution in [0.25, 0.3) is 6.08 Å². The summed E-state index contributed by atoms with van der Waals surface area (Å²) < 4.78 is 10.8. The Kier molecular flexibility index (Phi) is 7.06. The van der Waals surface area contributed by atoms with Gasteiger partial charge < -0.3 is 9.47 Å². The molecule has 0 spiro atoms. The van der Waals surface area contributed by atoms with Crippen LogP contribution in [0.1, 0.15) is 25.3 Å². The number of nitriles is 1. The fourth-order valence-electron chi connectivity index (χ4n) is 1.96. The van der Waals surface area contributed by atoms with Crippen LogP contribution >= 0.6 is 11.6 Å². The van der Waals surface area contributed by atoms with Gasteiger partial charge in [-0.05, 0) is 54.5 Å². The van der Waals surface area contributed by atoms with Crippen molar-refractivity contribution in [1.29, 1.82) is 5.26 Å². The summed E-state index contributed by atoms with van der Waals surface area (Å²) in [4.78, 5) is 12.1. The van der Waals surface area contributed by atoms with Crippen LogP contribution in [-0.4, -0.2) is 12.6 Å². The van der Waals surface area contributed by atoms with Gasteiger partial charge in [0.2, 0.25) is 0 Å². The lowest BCUT2D eigenvalue weighted by Crippen LogP contribution is -2.10. The molecule has 25 heavy (non-hydrogen) atoms. The molecule has 0 aliphatic rings. The summed E-state index contributed by atoms with van der Waals surface area (Å²) in [7, 11) is 0. The molecular weight excluding hydrogens is 338 g/mol. The molecule has 2 aromatic carbocycles. The summed E-state index contributed by atoms with van der Waals surface area (Å²) in [6.45, 7) is 2.77. The van der Waals surface area contributed by atoms with Crippen LogP contribution < -0.4 is 9.47 Å². The first kappa shape index (κ1) is 18.6. The zero-order valence-corrected chi connectivity index (χ0v) is 14.6. The molecule has 0 atom stereocenters. The van der Waals surface area contributed by atoms with Crippen LogP contribution in [0.15, 0.2) is 54.1 Å². The minimum absolute atomic E-state index is 0.0883. The second-order valence-electron chi connectivity index (χ2n) is 5.28. The minimum atomic E-state index is -0.715. The number of benzene rings is 2. The van der Waals surface area contributed by atoms with Crippen molar-refractivity contribution in [3.8, 4) is 17.6 Å². The topological polar surface area (TPSA) is 59.3 Å². The maximum absolute atomic E-state index is 12.1. The third-order valence-electron chi connectivity index (χ3n) is 3.32. The van der Waals surface area contributed by atoms with Gasteiger partial charge in [-0.15, -0.1) is 0 Å². The Morgan fingerprint density at radius 2 is 1.76 bits per heavy atom. The van der Waals surface area contributed by atoms with Crippen molar-refractivity contribution < 1.29 is 14.3 Å². The number of ether oxygens (including phenoxy) is 2. The van der Waals surface area contributed by atoms with Crippen LogP contribution in [-0.2, 0) is 4.79 Å². The molecule has 0 fully saturated rings. The van der Waals surface area contributed by atoms with Gasteiger partial charge in [-0.3, -0.25) is 0 Å². The van der Waals surface area contributed by atoms with E-state index in [1.165, 1.54) is 6.08 Å². The molecule has 4 nitrogen and oxygen atoms in total. The maximum Gasteiger partial charge on any atom is 0.354 e. The lowest BCUT2D eigenvalue weighted by molar-refractivity contribution is -0.129. The Bertz CT molecular complexity index is 774. The fourth-order valence-corrected chi connectivity index (χ4v) is 2.09. The van der Waals surface area contributed by atoms with E-state index in [1.807, 2.05) is 6.07 Å². The molecule has 128 valence electrons. The van der Waals surface area contributed by atoms with Crippen LogP contribution in [0.2, 0.25) is 5.02 Å². The zero-order chi connectivity index (χ0) is 18.1. The summed E-state index contributed by atoms with van der Waals surface area (Å²) in [5.74, 6) is 0.371. The molecule has 0 aromatic heterocycles. The highest BCUT2D eigenvalue weighted by atomic mass is 35.5. The normalized spacial score (nSPS) is 10.8. The monoisotopic (exact) mass is 355 g/mol. The zero-order valence-electron chi connectivity index (χ0n) is 13.9. The van der Waals surface area contributed by atoms with Crippen molar-refractivity contribution in [2.75, 3.05) is 6.61 Å². The third-order valence-corrected chi connectivity index (χ3v) is 3.57. The Morgan fingerprint density at radius 1 is 1.12 bits per heavy atom. The number of carbonyl (C=O) groups excluding carboxylic acids is 1. The molecule has 0 heterocycles. The maximum atomic E-state index is 12.1. The summed E-state index contributed by atoms with van der Waals surface area (Å²) in [5, 5.41) is 9.75. The largest absolute Gasteiger partial charge is 0.494 e. The van der Waals surface area contributed by atoms with Crippen LogP contribution in [0, 0.1) is 11.3 Å². The number of carbonyl (C=O) groups is 1. The SMILES string of the molecule is CCCCOc1ccc(/C=C(\C#N)C(=O)Oc2ccc(Cl)cc2)cc1. The van der Waals surface area contributed by atoms with Gasteiger partial charge in [0.1, 0.15) is 23.1 Å². The Labute approximate surface area is 152 Å². The number of unbranched alkanes of at least 4 members (excludes halogenated alkanes) is 1. The molecule has 0 aliphatic carbocycles. The summed E-state index contributed by atoms with van der Waals surface area (Å²) in [5.41, 5.74) is 0.627. The molecule has 0 bridgehead atoms. The smallest absolute Gasteiger partial charge is 0.354 e. The molecular formula is C20H18ClNO3. The Morgan fingerprint density at radius 3 is 2.36 bits per heavy atom. The molecule has 0 unspecified atom stereocenters. The van der Waals surface area contributed by atoms with Gasteiger partial charge in [0.25, 0.3) is 0 Å². The number of hydrogen-bond acceptors (Lipinski definition) is 4. The van der Waals surface area contributed by atoms with Crippen molar-refractivity contribution in [2.24, 2.45) is 0 Å². The predicted octanol–water partition coefficient (Wildman–Crippen LogP) is 5.03. The number of halogens is 1. The van der Waals surface area contributed by atoms with Crippen molar-refractivity contribution in [3.05, 3.63) is 64.7 Å². The highest BCUT2D eigenvalue weighted by Crippen LogP contribution is 2.18. The first-order chi connectivity index (χ1) is 12.1. The molecule has 0 amide bonds. The van der Waals surface area contributed by atoms with Gasteiger partial charge in [-0.2, -0.15) is 5.26 Å². The highest BCUT2D eigenvalue weighted by molar-refractivity contribution is 6.30. The second-order valence-corrected chi connectivity index (χ2v) is 5.72. The van der Waals surface area contributed by atoms with E-state index >= 15 is 0 Å². The number of hydrogen-bond donors (Lipinski definition) is 0. The number of esters is 1. The van der Waals surface area contributed by atoms with Gasteiger partial charge in [-0.1, -0.05) is 37.1 Å². The molecule has 0 saturated carbocycles. The molecule has 0 aliphatic heterocycles. The standard InChI is InChI=1S/C20H18ClNO3/c1-2-3-12-24-18-8-4-15(5-9-18)13-16(14-22)20(23)25-19-10-6-17(21)7-11-19/h4-11,13H,2-3,12H2,1H3/b16-13+. The number of nitrogens with zero attached hydrogens (tertiary/aromatic N) is 1. The third kappa shape index (κ3) is 5.98. The average Bonchev–Trinajstić information content (AvgIpc) is 2.63. The van der Waals surface area contributed by atoms with E-state index in [2.05, 4.69) is 6.92 Å². The molecule has 0 N–H and O–H groups in total. The van der Waals surface area contributed by atoms with E-state index in [-0.39, 0.29) is 5.57 Å². The second kappa shape index (κ2) is 9.51. The van der Waals surface area contributed by atoms with Crippen molar-refractivity contribution in [2.45, 2.75) is 19.8 Å².